The molecule has 0 fully saturated rings. The number of sulfonamides is 1. The molecular formula is C22H20ClN3O4S. The Morgan fingerprint density at radius 1 is 1.06 bits per heavy atom. The lowest BCUT2D eigenvalue weighted by molar-refractivity contribution is 0.0688. The highest BCUT2D eigenvalue weighted by atomic mass is 35.5. The van der Waals surface area contributed by atoms with E-state index in [1.54, 1.807) is 28.9 Å². The average Bonchev–Trinajstić information content (AvgIpc) is 2.99. The Bertz CT molecular complexity index is 1280. The van der Waals surface area contributed by atoms with Crippen LogP contribution in [0.3, 0.4) is 0 Å². The van der Waals surface area contributed by atoms with Gasteiger partial charge in [-0.15, -0.1) is 0 Å². The van der Waals surface area contributed by atoms with Gasteiger partial charge in [0.25, 0.3) is 0 Å². The standard InChI is InChI=1S/C22H20ClN3O4S/c23-16-7-5-14(6-8-16)13-15-3-1-2-4-19-20(22(27)28)25-26(21(15)19)17-9-11-18(12-10-17)31(24,29)30/h5-13H,1-4H2,(H,27,28)(H2,24,29,30)/b15-13+. The normalized spacial score (nSPS) is 15.5. The van der Waals surface area contributed by atoms with E-state index in [2.05, 4.69) is 5.10 Å². The zero-order chi connectivity index (χ0) is 22.2. The van der Waals surface area contributed by atoms with E-state index < -0.39 is 16.0 Å². The van der Waals surface area contributed by atoms with Crippen LogP contribution in [0.25, 0.3) is 17.3 Å². The molecule has 0 radical (unpaired) electrons. The zero-order valence-electron chi connectivity index (χ0n) is 16.5. The quantitative estimate of drug-likeness (QED) is 0.571. The molecule has 0 atom stereocenters. The molecule has 0 saturated heterocycles. The molecule has 0 spiro atoms. The lowest BCUT2D eigenvalue weighted by Gasteiger charge is -2.12. The number of aromatic carboxylic acids is 1. The van der Waals surface area contributed by atoms with Crippen molar-refractivity contribution in [3.05, 3.63) is 76.1 Å². The molecule has 1 heterocycles. The van der Waals surface area contributed by atoms with Crippen LogP contribution in [0, 0.1) is 0 Å². The fraction of sp³-hybridized carbons (Fsp3) is 0.182. The lowest BCUT2D eigenvalue weighted by atomic mass is 10.0. The van der Waals surface area contributed by atoms with Crippen molar-refractivity contribution in [3.8, 4) is 5.69 Å². The van der Waals surface area contributed by atoms with Crippen molar-refractivity contribution < 1.29 is 18.3 Å². The van der Waals surface area contributed by atoms with Crippen molar-refractivity contribution in [1.29, 1.82) is 0 Å². The van der Waals surface area contributed by atoms with Gasteiger partial charge in [0, 0.05) is 10.6 Å². The second-order valence-electron chi connectivity index (χ2n) is 7.36. The minimum atomic E-state index is -3.83. The zero-order valence-corrected chi connectivity index (χ0v) is 18.0. The summed E-state index contributed by atoms with van der Waals surface area (Å²) in [5.74, 6) is -1.09. The topological polar surface area (TPSA) is 115 Å². The van der Waals surface area contributed by atoms with Crippen LogP contribution in [0.5, 0.6) is 0 Å². The molecule has 31 heavy (non-hydrogen) atoms. The molecule has 1 aliphatic rings. The monoisotopic (exact) mass is 457 g/mol. The van der Waals surface area contributed by atoms with Gasteiger partial charge >= 0.3 is 5.97 Å². The van der Waals surface area contributed by atoms with Crippen LogP contribution in [0.4, 0.5) is 0 Å². The van der Waals surface area contributed by atoms with E-state index in [4.69, 9.17) is 16.7 Å². The first-order chi connectivity index (χ1) is 14.7. The molecule has 2 aromatic carbocycles. The summed E-state index contributed by atoms with van der Waals surface area (Å²) in [6.45, 7) is 0. The molecule has 9 heteroatoms. The molecule has 0 amide bonds. The van der Waals surface area contributed by atoms with Gasteiger partial charge in [0.05, 0.1) is 16.3 Å². The Morgan fingerprint density at radius 3 is 2.32 bits per heavy atom. The number of fused-ring (bicyclic) bond motifs is 1. The van der Waals surface area contributed by atoms with E-state index >= 15 is 0 Å². The molecule has 0 unspecified atom stereocenters. The molecule has 0 bridgehead atoms. The number of hydrogen-bond acceptors (Lipinski definition) is 4. The van der Waals surface area contributed by atoms with Crippen molar-refractivity contribution >= 4 is 39.2 Å². The van der Waals surface area contributed by atoms with Gasteiger partial charge in [0.15, 0.2) is 5.69 Å². The predicted molar refractivity (Wildman–Crippen MR) is 119 cm³/mol. The SMILES string of the molecule is NS(=O)(=O)c1ccc(-n2nc(C(=O)O)c3c2/C(=C/c2ccc(Cl)cc2)CCCC3)cc1. The van der Waals surface area contributed by atoms with Gasteiger partial charge in [-0.25, -0.2) is 23.0 Å². The lowest BCUT2D eigenvalue weighted by Crippen LogP contribution is -2.12. The number of aromatic nitrogens is 2. The second kappa shape index (κ2) is 8.30. The van der Waals surface area contributed by atoms with Crippen LogP contribution in [0.2, 0.25) is 5.02 Å². The number of rotatable bonds is 4. The summed E-state index contributed by atoms with van der Waals surface area (Å²) in [5.41, 5.74) is 3.88. The summed E-state index contributed by atoms with van der Waals surface area (Å²) in [4.78, 5) is 11.9. The number of allylic oxidation sites excluding steroid dienone is 1. The van der Waals surface area contributed by atoms with Crippen molar-refractivity contribution in [1.82, 2.24) is 9.78 Å². The van der Waals surface area contributed by atoms with Crippen LogP contribution in [-0.2, 0) is 16.4 Å². The number of carboxylic acids is 1. The molecule has 4 rings (SSSR count). The molecule has 160 valence electrons. The van der Waals surface area contributed by atoms with Gasteiger partial charge in [-0.2, -0.15) is 5.10 Å². The number of nitrogens with zero attached hydrogens (tertiary/aromatic N) is 2. The summed E-state index contributed by atoms with van der Waals surface area (Å²) in [5, 5.41) is 19.9. The van der Waals surface area contributed by atoms with E-state index in [9.17, 15) is 18.3 Å². The fourth-order valence-electron chi connectivity index (χ4n) is 3.79. The summed E-state index contributed by atoms with van der Waals surface area (Å²) in [7, 11) is -3.83. The van der Waals surface area contributed by atoms with Crippen LogP contribution in [0.15, 0.2) is 53.4 Å². The minimum Gasteiger partial charge on any atom is -0.476 e. The maximum absolute atomic E-state index is 11.9. The van der Waals surface area contributed by atoms with Gasteiger partial charge in [0.1, 0.15) is 0 Å². The third-order valence-corrected chi connectivity index (χ3v) is 6.42. The molecule has 1 aliphatic carbocycles. The van der Waals surface area contributed by atoms with Crippen LogP contribution >= 0.6 is 11.6 Å². The van der Waals surface area contributed by atoms with Gasteiger partial charge in [-0.1, -0.05) is 23.7 Å². The number of nitrogens with two attached hydrogens (primary N) is 1. The van der Waals surface area contributed by atoms with E-state index in [1.165, 1.54) is 12.1 Å². The number of carboxylic acid groups (broad SMARTS) is 1. The average molecular weight is 458 g/mol. The molecular weight excluding hydrogens is 438 g/mol. The number of halogens is 1. The van der Waals surface area contributed by atoms with Crippen LogP contribution in [-0.4, -0.2) is 29.3 Å². The predicted octanol–water partition coefficient (Wildman–Crippen LogP) is 4.14. The highest BCUT2D eigenvalue weighted by molar-refractivity contribution is 7.89. The highest BCUT2D eigenvalue weighted by Gasteiger charge is 2.27. The number of carbonyl (C=O) groups is 1. The van der Waals surface area contributed by atoms with Gasteiger partial charge in [-0.05, 0) is 79.3 Å². The largest absolute Gasteiger partial charge is 0.476 e. The summed E-state index contributed by atoms with van der Waals surface area (Å²) < 4.78 is 24.8. The van der Waals surface area contributed by atoms with Gasteiger partial charge in [0.2, 0.25) is 10.0 Å². The first-order valence-electron chi connectivity index (χ1n) is 9.69. The maximum Gasteiger partial charge on any atom is 0.356 e. The third kappa shape index (κ3) is 4.41. The Labute approximate surface area is 184 Å². The Hall–Kier alpha value is -2.94. The third-order valence-electron chi connectivity index (χ3n) is 5.23. The summed E-state index contributed by atoms with van der Waals surface area (Å²) in [6.07, 6.45) is 5.14. The summed E-state index contributed by atoms with van der Waals surface area (Å²) >= 11 is 6.00. The van der Waals surface area contributed by atoms with E-state index in [0.717, 1.165) is 36.1 Å². The fourth-order valence-corrected chi connectivity index (χ4v) is 4.43. The van der Waals surface area contributed by atoms with E-state index in [1.807, 2.05) is 18.2 Å². The molecule has 0 saturated carbocycles. The van der Waals surface area contributed by atoms with Crippen LogP contribution in [0.1, 0.15) is 46.6 Å². The number of benzene rings is 2. The summed E-state index contributed by atoms with van der Waals surface area (Å²) in [6, 6.07) is 13.3. The Morgan fingerprint density at radius 2 is 1.71 bits per heavy atom. The minimum absolute atomic E-state index is 0.00873. The molecule has 0 aliphatic heterocycles. The van der Waals surface area contributed by atoms with Crippen molar-refractivity contribution in [2.45, 2.75) is 30.6 Å². The smallest absolute Gasteiger partial charge is 0.356 e. The van der Waals surface area contributed by atoms with Crippen LogP contribution < -0.4 is 5.14 Å². The first-order valence-corrected chi connectivity index (χ1v) is 11.6. The maximum atomic E-state index is 11.9. The number of hydrogen-bond donors (Lipinski definition) is 2. The van der Waals surface area contributed by atoms with Crippen molar-refractivity contribution in [3.63, 3.8) is 0 Å². The van der Waals surface area contributed by atoms with Crippen molar-refractivity contribution in [2.24, 2.45) is 5.14 Å². The first kappa shape index (κ1) is 21.3. The van der Waals surface area contributed by atoms with Gasteiger partial charge in [-0.3, -0.25) is 0 Å². The van der Waals surface area contributed by atoms with Crippen molar-refractivity contribution in [2.75, 3.05) is 0 Å². The Balaban J connectivity index is 1.91. The van der Waals surface area contributed by atoms with Gasteiger partial charge < -0.3 is 5.11 Å². The van der Waals surface area contributed by atoms with E-state index in [0.29, 0.717) is 22.7 Å². The molecule has 1 aromatic heterocycles. The second-order valence-corrected chi connectivity index (χ2v) is 9.36. The molecule has 3 N–H and O–H groups in total. The molecule has 3 aromatic rings. The van der Waals surface area contributed by atoms with E-state index in [-0.39, 0.29) is 10.6 Å². The highest BCUT2D eigenvalue weighted by Crippen LogP contribution is 2.35. The molecule has 7 nitrogen and oxygen atoms in total. The Kier molecular flexibility index (Phi) is 5.70. The number of primary sulfonamides is 1.